The Morgan fingerprint density at radius 2 is 2.07 bits per heavy atom. The summed E-state index contributed by atoms with van der Waals surface area (Å²) in [5.74, 6) is 1.49. The van der Waals surface area contributed by atoms with E-state index in [9.17, 15) is 0 Å². The zero-order chi connectivity index (χ0) is 11.4. The lowest BCUT2D eigenvalue weighted by atomic mass is 10.1. The molecule has 86 valence electrons. The molecule has 0 radical (unpaired) electrons. The van der Waals surface area contributed by atoms with Crippen molar-refractivity contribution in [3.63, 3.8) is 0 Å². The van der Waals surface area contributed by atoms with Gasteiger partial charge in [0.25, 0.3) is 0 Å². The van der Waals surface area contributed by atoms with Crippen molar-refractivity contribution in [2.75, 3.05) is 7.11 Å². The summed E-state index contributed by atoms with van der Waals surface area (Å²) in [7, 11) is 1.65. The Morgan fingerprint density at radius 1 is 1.40 bits per heavy atom. The van der Waals surface area contributed by atoms with Crippen molar-refractivity contribution in [3.8, 4) is 0 Å². The first-order valence-corrected chi connectivity index (χ1v) is 5.15. The molecule has 1 aromatic rings. The minimum Gasteiger partial charge on any atom is -0.373 e. The molecule has 0 fully saturated rings. The summed E-state index contributed by atoms with van der Waals surface area (Å²) < 4.78 is 10.4. The first kappa shape index (κ1) is 12.1. The quantitative estimate of drug-likeness (QED) is 0.798. The molecule has 5 heteroatoms. The van der Waals surface area contributed by atoms with Crippen LogP contribution in [0.3, 0.4) is 0 Å². The van der Waals surface area contributed by atoms with Crippen LogP contribution in [-0.2, 0) is 11.2 Å². The molecule has 0 saturated heterocycles. The molecule has 1 aromatic heterocycles. The summed E-state index contributed by atoms with van der Waals surface area (Å²) in [5, 5.41) is 3.90. The Hall–Kier alpha value is -0.940. The molecule has 0 aliphatic carbocycles. The van der Waals surface area contributed by atoms with E-state index >= 15 is 0 Å². The molecule has 0 amide bonds. The number of methoxy groups -OCH3 is 1. The molecule has 0 aliphatic heterocycles. The number of nitrogens with two attached hydrogens (primary N) is 1. The first-order valence-electron chi connectivity index (χ1n) is 5.15. The number of rotatable bonds is 5. The van der Waals surface area contributed by atoms with Crippen LogP contribution in [-0.4, -0.2) is 23.3 Å². The summed E-state index contributed by atoms with van der Waals surface area (Å²) in [6, 6.07) is 0.0262. The number of nitrogens with zero attached hydrogens (tertiary/aromatic N) is 2. The third-order valence-corrected chi connectivity index (χ3v) is 2.09. The fourth-order valence-corrected chi connectivity index (χ4v) is 1.42. The maximum atomic E-state index is 5.64. The summed E-state index contributed by atoms with van der Waals surface area (Å²) in [6.45, 7) is 6.01. The average Bonchev–Trinajstić information content (AvgIpc) is 2.52. The van der Waals surface area contributed by atoms with Crippen LogP contribution in [0.5, 0.6) is 0 Å². The minimum atomic E-state index is -0.115. The van der Waals surface area contributed by atoms with Gasteiger partial charge in [0.15, 0.2) is 0 Å². The molecular weight excluding hydrogens is 194 g/mol. The van der Waals surface area contributed by atoms with E-state index in [1.165, 1.54) is 0 Å². The van der Waals surface area contributed by atoms with Gasteiger partial charge in [-0.05, 0) is 12.8 Å². The van der Waals surface area contributed by atoms with E-state index in [1.54, 1.807) is 7.11 Å². The van der Waals surface area contributed by atoms with Crippen molar-refractivity contribution in [1.29, 1.82) is 0 Å². The summed E-state index contributed by atoms with van der Waals surface area (Å²) >= 11 is 0. The lowest BCUT2D eigenvalue weighted by Crippen LogP contribution is -2.18. The van der Waals surface area contributed by atoms with Crippen LogP contribution >= 0.6 is 0 Å². The highest BCUT2D eigenvalue weighted by atomic mass is 16.5. The van der Waals surface area contributed by atoms with E-state index in [0.717, 1.165) is 0 Å². The van der Waals surface area contributed by atoms with Crippen LogP contribution < -0.4 is 5.73 Å². The minimum absolute atomic E-state index is 0.0262. The summed E-state index contributed by atoms with van der Waals surface area (Å²) in [5.41, 5.74) is 5.64. The second-order valence-corrected chi connectivity index (χ2v) is 4.13. The predicted octanol–water partition coefficient (Wildman–Crippen LogP) is 1.30. The largest absolute Gasteiger partial charge is 0.373 e. The molecule has 0 spiro atoms. The van der Waals surface area contributed by atoms with Crippen LogP contribution in [0.2, 0.25) is 0 Å². The lowest BCUT2D eigenvalue weighted by molar-refractivity contribution is 0.0555. The van der Waals surface area contributed by atoms with E-state index in [-0.39, 0.29) is 12.1 Å². The van der Waals surface area contributed by atoms with Crippen molar-refractivity contribution in [3.05, 3.63) is 11.7 Å². The number of ether oxygens (including phenoxy) is 1. The maximum absolute atomic E-state index is 5.64. The highest BCUT2D eigenvalue weighted by molar-refractivity contribution is 4.93. The molecular formula is C10H19N3O2. The van der Waals surface area contributed by atoms with E-state index in [0.29, 0.717) is 24.1 Å². The van der Waals surface area contributed by atoms with E-state index in [1.807, 2.05) is 6.92 Å². The molecule has 2 N–H and O–H groups in total. The normalized spacial score (nSPS) is 15.6. The van der Waals surface area contributed by atoms with Crippen molar-refractivity contribution in [2.45, 2.75) is 39.3 Å². The molecule has 5 nitrogen and oxygen atoms in total. The Balaban J connectivity index is 2.73. The molecule has 15 heavy (non-hydrogen) atoms. The lowest BCUT2D eigenvalue weighted by Gasteiger charge is -2.14. The monoisotopic (exact) mass is 213 g/mol. The van der Waals surface area contributed by atoms with E-state index < -0.39 is 0 Å². The summed E-state index contributed by atoms with van der Waals surface area (Å²) in [6.07, 6.45) is 0.484. The second-order valence-electron chi connectivity index (χ2n) is 4.13. The molecule has 2 unspecified atom stereocenters. The molecule has 1 heterocycles. The van der Waals surface area contributed by atoms with Gasteiger partial charge in [-0.25, -0.2) is 0 Å². The van der Waals surface area contributed by atoms with Crippen LogP contribution in [0, 0.1) is 5.92 Å². The van der Waals surface area contributed by atoms with Gasteiger partial charge in [-0.2, -0.15) is 4.98 Å². The molecule has 1 rings (SSSR count). The molecule has 0 aliphatic rings. The summed E-state index contributed by atoms with van der Waals surface area (Å²) in [4.78, 5) is 4.26. The van der Waals surface area contributed by atoms with Crippen molar-refractivity contribution in [2.24, 2.45) is 11.7 Å². The number of hydrogen-bond acceptors (Lipinski definition) is 5. The average molecular weight is 213 g/mol. The Morgan fingerprint density at radius 3 is 2.53 bits per heavy atom. The Kier molecular flexibility index (Phi) is 4.23. The van der Waals surface area contributed by atoms with Gasteiger partial charge < -0.3 is 15.0 Å². The topological polar surface area (TPSA) is 74.2 Å². The van der Waals surface area contributed by atoms with Crippen LogP contribution in [0.1, 0.15) is 38.6 Å². The Labute approximate surface area is 90.0 Å². The zero-order valence-corrected chi connectivity index (χ0v) is 9.73. The van der Waals surface area contributed by atoms with Gasteiger partial charge in [0.1, 0.15) is 6.10 Å². The smallest absolute Gasteiger partial charge is 0.228 e. The molecule has 0 bridgehead atoms. The van der Waals surface area contributed by atoms with Crippen molar-refractivity contribution in [1.82, 2.24) is 10.1 Å². The standard InChI is InChI=1S/C10H19N3O2/c1-6(2)9(14-4)10-12-8(15-13-10)5-7(3)11/h6-7,9H,5,11H2,1-4H3. The van der Waals surface area contributed by atoms with Gasteiger partial charge in [0.2, 0.25) is 11.7 Å². The van der Waals surface area contributed by atoms with Gasteiger partial charge in [-0.1, -0.05) is 19.0 Å². The molecule has 0 saturated carbocycles. The fraction of sp³-hybridized carbons (Fsp3) is 0.800. The maximum Gasteiger partial charge on any atom is 0.228 e. The second kappa shape index (κ2) is 5.23. The SMILES string of the molecule is COC(c1noc(CC(C)N)n1)C(C)C. The third-order valence-electron chi connectivity index (χ3n) is 2.09. The number of hydrogen-bond donors (Lipinski definition) is 1. The van der Waals surface area contributed by atoms with Gasteiger partial charge in [-0.3, -0.25) is 0 Å². The zero-order valence-electron chi connectivity index (χ0n) is 9.73. The van der Waals surface area contributed by atoms with Gasteiger partial charge in [0.05, 0.1) is 0 Å². The highest BCUT2D eigenvalue weighted by Crippen LogP contribution is 2.22. The Bertz CT molecular complexity index is 297. The van der Waals surface area contributed by atoms with Crippen LogP contribution in [0.4, 0.5) is 0 Å². The molecule has 0 aromatic carbocycles. The third kappa shape index (κ3) is 3.28. The van der Waals surface area contributed by atoms with Crippen LogP contribution in [0.25, 0.3) is 0 Å². The predicted molar refractivity (Wildman–Crippen MR) is 56.2 cm³/mol. The van der Waals surface area contributed by atoms with E-state index in [4.69, 9.17) is 15.0 Å². The first-order chi connectivity index (χ1) is 7.04. The van der Waals surface area contributed by atoms with Gasteiger partial charge >= 0.3 is 0 Å². The highest BCUT2D eigenvalue weighted by Gasteiger charge is 2.21. The van der Waals surface area contributed by atoms with Gasteiger partial charge in [0, 0.05) is 19.6 Å². The van der Waals surface area contributed by atoms with Gasteiger partial charge in [-0.15, -0.1) is 0 Å². The fourth-order valence-electron chi connectivity index (χ4n) is 1.42. The number of aromatic nitrogens is 2. The van der Waals surface area contributed by atoms with Crippen LogP contribution in [0.15, 0.2) is 4.52 Å². The van der Waals surface area contributed by atoms with Crippen molar-refractivity contribution < 1.29 is 9.26 Å². The molecule has 2 atom stereocenters. The van der Waals surface area contributed by atoms with E-state index in [2.05, 4.69) is 24.0 Å². The van der Waals surface area contributed by atoms with Crippen molar-refractivity contribution >= 4 is 0 Å².